The van der Waals surface area contributed by atoms with E-state index in [1.807, 2.05) is 0 Å². The number of phenolic OH excluding ortho intramolecular Hbond substituents is 3. The lowest BCUT2D eigenvalue weighted by Gasteiger charge is -2.10. The minimum absolute atomic E-state index is 0.0627. The van der Waals surface area contributed by atoms with Crippen molar-refractivity contribution in [2.24, 2.45) is 0 Å². The average molecular weight is 344 g/mol. The molecule has 0 aliphatic heterocycles. The second kappa shape index (κ2) is 7.39. The third-order valence-electron chi connectivity index (χ3n) is 3.20. The number of carbonyl (C=O) groups excluding carboxylic acids is 2. The molecular weight excluding hydrogens is 328 g/mol. The summed E-state index contributed by atoms with van der Waals surface area (Å²) in [7, 11) is 0. The van der Waals surface area contributed by atoms with Crippen LogP contribution in [0, 0.1) is 0 Å². The first-order valence-electron chi connectivity index (χ1n) is 7.14. The molecule has 0 heterocycles. The Labute approximate surface area is 143 Å². The van der Waals surface area contributed by atoms with Crippen LogP contribution in [0.2, 0.25) is 0 Å². The number of ketones is 1. The van der Waals surface area contributed by atoms with Crippen molar-refractivity contribution < 1.29 is 34.4 Å². The molecule has 2 rings (SSSR count). The molecule has 0 unspecified atom stereocenters. The number of aromatic hydroxyl groups is 3. The van der Waals surface area contributed by atoms with Gasteiger partial charge >= 0.3 is 5.97 Å². The van der Waals surface area contributed by atoms with Crippen molar-refractivity contribution in [1.29, 1.82) is 0 Å². The Morgan fingerprint density at radius 2 is 1.60 bits per heavy atom. The van der Waals surface area contributed by atoms with E-state index in [1.165, 1.54) is 37.3 Å². The molecule has 0 aliphatic carbocycles. The van der Waals surface area contributed by atoms with Gasteiger partial charge in [-0.05, 0) is 31.2 Å². The second-order valence-electron chi connectivity index (χ2n) is 5.18. The SMILES string of the molecule is C=C(C)C(=O)OCOc1ccc(C(=O)c2ccc(O)cc2O)c(O)c1. The first-order valence-corrected chi connectivity index (χ1v) is 7.14. The Balaban J connectivity index is 2.12. The summed E-state index contributed by atoms with van der Waals surface area (Å²) in [5.74, 6) is -2.03. The van der Waals surface area contributed by atoms with E-state index in [4.69, 9.17) is 9.47 Å². The number of esters is 1. The van der Waals surface area contributed by atoms with Crippen LogP contribution < -0.4 is 4.74 Å². The van der Waals surface area contributed by atoms with Crippen molar-refractivity contribution in [2.45, 2.75) is 6.92 Å². The minimum atomic E-state index is -0.629. The molecule has 0 aliphatic rings. The lowest BCUT2D eigenvalue weighted by Crippen LogP contribution is -2.10. The zero-order chi connectivity index (χ0) is 18.6. The molecular formula is C18H16O7. The highest BCUT2D eigenvalue weighted by molar-refractivity contribution is 6.12. The average Bonchev–Trinajstić information content (AvgIpc) is 2.54. The maximum Gasteiger partial charge on any atom is 0.335 e. The maximum atomic E-state index is 12.4. The molecule has 130 valence electrons. The van der Waals surface area contributed by atoms with E-state index >= 15 is 0 Å². The van der Waals surface area contributed by atoms with Gasteiger partial charge in [-0.1, -0.05) is 6.58 Å². The molecule has 7 heteroatoms. The molecule has 0 atom stereocenters. The summed E-state index contributed by atoms with van der Waals surface area (Å²) in [5.41, 5.74) is 0.0884. The number of phenols is 3. The first-order chi connectivity index (χ1) is 11.8. The third-order valence-corrected chi connectivity index (χ3v) is 3.20. The van der Waals surface area contributed by atoms with Gasteiger partial charge in [-0.3, -0.25) is 4.79 Å². The standard InChI is InChI=1S/C18H16O7/c1-10(2)18(23)25-9-24-12-4-6-14(16(21)8-12)17(22)13-5-3-11(19)7-15(13)20/h3-8,19-21H,1,9H2,2H3. The van der Waals surface area contributed by atoms with E-state index < -0.39 is 17.5 Å². The summed E-state index contributed by atoms with van der Waals surface area (Å²) in [5, 5.41) is 29.0. The van der Waals surface area contributed by atoms with E-state index in [0.717, 1.165) is 6.07 Å². The van der Waals surface area contributed by atoms with Crippen LogP contribution in [-0.4, -0.2) is 33.9 Å². The van der Waals surface area contributed by atoms with Crippen molar-refractivity contribution in [1.82, 2.24) is 0 Å². The fraction of sp³-hybridized carbons (Fsp3) is 0.111. The molecule has 0 saturated heterocycles. The van der Waals surface area contributed by atoms with Crippen LogP contribution >= 0.6 is 0 Å². The quantitative estimate of drug-likeness (QED) is 0.319. The number of benzene rings is 2. The van der Waals surface area contributed by atoms with Crippen molar-refractivity contribution in [3.63, 3.8) is 0 Å². The van der Waals surface area contributed by atoms with Crippen molar-refractivity contribution >= 4 is 11.8 Å². The molecule has 7 nitrogen and oxygen atoms in total. The monoisotopic (exact) mass is 344 g/mol. The van der Waals surface area contributed by atoms with Gasteiger partial charge in [-0.25, -0.2) is 4.79 Å². The van der Waals surface area contributed by atoms with Crippen molar-refractivity contribution in [3.05, 3.63) is 59.7 Å². The van der Waals surface area contributed by atoms with E-state index in [0.29, 0.717) is 0 Å². The molecule has 0 aromatic heterocycles. The molecule has 2 aromatic carbocycles. The van der Waals surface area contributed by atoms with E-state index in [-0.39, 0.29) is 40.7 Å². The van der Waals surface area contributed by atoms with Gasteiger partial charge in [0.1, 0.15) is 23.0 Å². The summed E-state index contributed by atoms with van der Waals surface area (Å²) in [6.45, 7) is 4.54. The fourth-order valence-corrected chi connectivity index (χ4v) is 1.92. The molecule has 25 heavy (non-hydrogen) atoms. The summed E-state index contributed by atoms with van der Waals surface area (Å²) < 4.78 is 9.90. The van der Waals surface area contributed by atoms with Crippen LogP contribution in [0.1, 0.15) is 22.8 Å². The lowest BCUT2D eigenvalue weighted by molar-refractivity contribution is -0.145. The Kier molecular flexibility index (Phi) is 5.28. The Hall–Kier alpha value is -3.48. The summed E-state index contributed by atoms with van der Waals surface area (Å²) >= 11 is 0. The number of ether oxygens (including phenoxy) is 2. The van der Waals surface area contributed by atoms with Crippen LogP contribution in [0.25, 0.3) is 0 Å². The Morgan fingerprint density at radius 1 is 1.00 bits per heavy atom. The van der Waals surface area contributed by atoms with Crippen LogP contribution in [-0.2, 0) is 9.53 Å². The van der Waals surface area contributed by atoms with E-state index in [1.54, 1.807) is 0 Å². The minimum Gasteiger partial charge on any atom is -0.508 e. The summed E-state index contributed by atoms with van der Waals surface area (Å²) in [6.07, 6.45) is 0. The van der Waals surface area contributed by atoms with Crippen LogP contribution in [0.15, 0.2) is 48.6 Å². The van der Waals surface area contributed by atoms with Gasteiger partial charge in [-0.15, -0.1) is 0 Å². The van der Waals surface area contributed by atoms with Gasteiger partial charge in [0.05, 0.1) is 11.1 Å². The molecule has 0 spiro atoms. The smallest absolute Gasteiger partial charge is 0.335 e. The number of hydrogen-bond donors (Lipinski definition) is 3. The van der Waals surface area contributed by atoms with E-state index in [9.17, 15) is 24.9 Å². The van der Waals surface area contributed by atoms with Gasteiger partial charge in [-0.2, -0.15) is 0 Å². The first kappa shape index (κ1) is 17.9. The highest BCUT2D eigenvalue weighted by atomic mass is 16.7. The van der Waals surface area contributed by atoms with Crippen LogP contribution in [0.4, 0.5) is 0 Å². The topological polar surface area (TPSA) is 113 Å². The molecule has 0 fully saturated rings. The molecule has 0 amide bonds. The molecule has 0 radical (unpaired) electrons. The predicted molar refractivity (Wildman–Crippen MR) is 87.7 cm³/mol. The molecule has 0 saturated carbocycles. The summed E-state index contributed by atoms with van der Waals surface area (Å²) in [6, 6.07) is 7.40. The second-order valence-corrected chi connectivity index (χ2v) is 5.18. The zero-order valence-electron chi connectivity index (χ0n) is 13.4. The van der Waals surface area contributed by atoms with Gasteiger partial charge in [0.15, 0.2) is 5.78 Å². The van der Waals surface area contributed by atoms with Gasteiger partial charge in [0, 0.05) is 17.7 Å². The molecule has 2 aromatic rings. The van der Waals surface area contributed by atoms with Crippen molar-refractivity contribution in [2.75, 3.05) is 6.79 Å². The number of hydrogen-bond acceptors (Lipinski definition) is 7. The van der Waals surface area contributed by atoms with Crippen LogP contribution in [0.3, 0.4) is 0 Å². The zero-order valence-corrected chi connectivity index (χ0v) is 13.4. The highest BCUT2D eigenvalue weighted by Crippen LogP contribution is 2.30. The molecule has 3 N–H and O–H groups in total. The number of rotatable bonds is 6. The number of carbonyl (C=O) groups is 2. The summed E-state index contributed by atoms with van der Waals surface area (Å²) in [4.78, 5) is 23.6. The molecule has 0 bridgehead atoms. The van der Waals surface area contributed by atoms with Gasteiger partial charge < -0.3 is 24.8 Å². The highest BCUT2D eigenvalue weighted by Gasteiger charge is 2.18. The Morgan fingerprint density at radius 3 is 2.16 bits per heavy atom. The van der Waals surface area contributed by atoms with Gasteiger partial charge in [0.25, 0.3) is 0 Å². The van der Waals surface area contributed by atoms with Crippen LogP contribution in [0.5, 0.6) is 23.0 Å². The fourth-order valence-electron chi connectivity index (χ4n) is 1.92. The van der Waals surface area contributed by atoms with Gasteiger partial charge in [0.2, 0.25) is 6.79 Å². The largest absolute Gasteiger partial charge is 0.508 e. The normalized spacial score (nSPS) is 10.1. The third kappa shape index (κ3) is 4.29. The van der Waals surface area contributed by atoms with Crippen molar-refractivity contribution in [3.8, 4) is 23.0 Å². The van der Waals surface area contributed by atoms with E-state index in [2.05, 4.69) is 6.58 Å². The lowest BCUT2D eigenvalue weighted by atomic mass is 10.0. The predicted octanol–water partition coefficient (Wildman–Crippen LogP) is 2.49. The maximum absolute atomic E-state index is 12.4. The Bertz CT molecular complexity index is 839.